The van der Waals surface area contributed by atoms with Crippen molar-refractivity contribution < 1.29 is 28.8 Å². The number of para-hydroxylation sites is 1. The van der Waals surface area contributed by atoms with Gasteiger partial charge in [-0.25, -0.2) is 0 Å². The minimum atomic E-state index is -0.556. The maximum atomic E-state index is 13.0. The topological polar surface area (TPSA) is 128 Å². The number of benzene rings is 3. The first-order valence-corrected chi connectivity index (χ1v) is 12.9. The van der Waals surface area contributed by atoms with E-state index < -0.39 is 22.0 Å². The number of carbonyl (C=O) groups excluding carboxylic acids is 3. The average molecular weight is 568 g/mol. The van der Waals surface area contributed by atoms with Crippen molar-refractivity contribution in [1.29, 1.82) is 0 Å². The normalized spacial score (nSPS) is 14.0. The van der Waals surface area contributed by atoms with E-state index in [1.807, 2.05) is 0 Å². The van der Waals surface area contributed by atoms with Gasteiger partial charge in [0.25, 0.3) is 22.7 Å². The molecule has 12 heteroatoms. The Bertz CT molecular complexity index is 1480. The molecule has 39 heavy (non-hydrogen) atoms. The molecular weight excluding hydrogens is 546 g/mol. The molecule has 3 aromatic carbocycles. The second-order valence-electron chi connectivity index (χ2n) is 8.14. The summed E-state index contributed by atoms with van der Waals surface area (Å²) in [5.41, 5.74) is 1.18. The Hall–Kier alpha value is -4.35. The highest BCUT2D eigenvalue weighted by molar-refractivity contribution is 8.18. The summed E-state index contributed by atoms with van der Waals surface area (Å²) in [4.78, 5) is 49.7. The lowest BCUT2D eigenvalue weighted by atomic mass is 10.1. The van der Waals surface area contributed by atoms with E-state index in [4.69, 9.17) is 21.1 Å². The van der Waals surface area contributed by atoms with Crippen molar-refractivity contribution in [3.63, 3.8) is 0 Å². The second kappa shape index (κ2) is 12.5. The van der Waals surface area contributed by atoms with E-state index in [0.717, 1.165) is 16.7 Å². The summed E-state index contributed by atoms with van der Waals surface area (Å²) in [5.74, 6) is -0.282. The number of nitro groups is 1. The second-order valence-corrected chi connectivity index (χ2v) is 9.57. The molecule has 1 heterocycles. The predicted octanol–water partition coefficient (Wildman–Crippen LogP) is 5.90. The van der Waals surface area contributed by atoms with Gasteiger partial charge in [0.1, 0.15) is 0 Å². The van der Waals surface area contributed by atoms with Crippen molar-refractivity contribution in [2.24, 2.45) is 0 Å². The van der Waals surface area contributed by atoms with Gasteiger partial charge in [-0.2, -0.15) is 0 Å². The highest BCUT2D eigenvalue weighted by atomic mass is 35.5. The van der Waals surface area contributed by atoms with Gasteiger partial charge in [0.05, 0.1) is 23.0 Å². The predicted molar refractivity (Wildman–Crippen MR) is 148 cm³/mol. The third kappa shape index (κ3) is 6.95. The number of rotatable bonds is 10. The molecular formula is C27H22ClN3O7S. The number of thioether (sulfide) groups is 1. The molecule has 3 aromatic rings. The lowest BCUT2D eigenvalue weighted by molar-refractivity contribution is -0.385. The molecule has 0 atom stereocenters. The molecule has 3 amide bonds. The van der Waals surface area contributed by atoms with Crippen LogP contribution >= 0.6 is 23.4 Å². The van der Waals surface area contributed by atoms with E-state index in [1.54, 1.807) is 55.5 Å². The van der Waals surface area contributed by atoms with E-state index >= 15 is 0 Å². The molecule has 0 radical (unpaired) electrons. The van der Waals surface area contributed by atoms with Gasteiger partial charge in [0, 0.05) is 22.3 Å². The number of hydrogen-bond donors (Lipinski definition) is 1. The fourth-order valence-corrected chi connectivity index (χ4v) is 4.72. The minimum absolute atomic E-state index is 0.163. The van der Waals surface area contributed by atoms with Crippen molar-refractivity contribution in [2.75, 3.05) is 18.5 Å². The Morgan fingerprint density at radius 1 is 1.08 bits per heavy atom. The number of nitro benzene ring substituents is 1. The summed E-state index contributed by atoms with van der Waals surface area (Å²) in [6.07, 6.45) is 1.53. The molecule has 200 valence electrons. The zero-order valence-electron chi connectivity index (χ0n) is 20.6. The van der Waals surface area contributed by atoms with Crippen LogP contribution in [0.25, 0.3) is 6.08 Å². The highest BCUT2D eigenvalue weighted by Gasteiger charge is 2.36. The summed E-state index contributed by atoms with van der Waals surface area (Å²) in [5, 5.41) is 14.0. The molecule has 1 aliphatic heterocycles. The van der Waals surface area contributed by atoms with Crippen LogP contribution in [0.5, 0.6) is 11.5 Å². The quantitative estimate of drug-likeness (QED) is 0.182. The van der Waals surface area contributed by atoms with E-state index in [-0.39, 0.29) is 29.3 Å². The Morgan fingerprint density at radius 3 is 2.62 bits per heavy atom. The molecule has 0 aliphatic carbocycles. The number of carbonyl (C=O) groups is 3. The smallest absolute Gasteiger partial charge is 0.293 e. The number of nitrogens with zero attached hydrogens (tertiary/aromatic N) is 2. The van der Waals surface area contributed by atoms with Gasteiger partial charge < -0.3 is 14.8 Å². The van der Waals surface area contributed by atoms with Crippen molar-refractivity contribution in [3.05, 3.63) is 97.9 Å². The number of hydrogen-bond acceptors (Lipinski definition) is 8. The zero-order chi connectivity index (χ0) is 27.9. The van der Waals surface area contributed by atoms with Gasteiger partial charge in [-0.3, -0.25) is 29.4 Å². The van der Waals surface area contributed by atoms with Crippen molar-refractivity contribution in [1.82, 2.24) is 4.90 Å². The van der Waals surface area contributed by atoms with Gasteiger partial charge >= 0.3 is 0 Å². The molecule has 0 aromatic heterocycles. The molecule has 0 saturated carbocycles. The van der Waals surface area contributed by atoms with Crippen molar-refractivity contribution in [3.8, 4) is 11.5 Å². The summed E-state index contributed by atoms with van der Waals surface area (Å²) >= 11 is 6.68. The van der Waals surface area contributed by atoms with Gasteiger partial charge in [0.15, 0.2) is 18.1 Å². The number of ether oxygens (including phenoxy) is 2. The van der Waals surface area contributed by atoms with Gasteiger partial charge in [-0.15, -0.1) is 0 Å². The van der Waals surface area contributed by atoms with Gasteiger partial charge in [0.2, 0.25) is 0 Å². The van der Waals surface area contributed by atoms with Crippen LogP contribution in [0.3, 0.4) is 0 Å². The fraction of sp³-hybridized carbons (Fsp3) is 0.148. The fourth-order valence-electron chi connectivity index (χ4n) is 3.69. The first-order chi connectivity index (χ1) is 18.7. The molecule has 4 rings (SSSR count). The monoisotopic (exact) mass is 567 g/mol. The molecule has 1 fully saturated rings. The van der Waals surface area contributed by atoms with Crippen LogP contribution in [0, 0.1) is 10.1 Å². The Labute approximate surface area is 232 Å². The largest absolute Gasteiger partial charge is 0.490 e. The molecule has 1 aliphatic rings. The average Bonchev–Trinajstić information content (AvgIpc) is 3.16. The van der Waals surface area contributed by atoms with E-state index in [0.29, 0.717) is 34.4 Å². The highest BCUT2D eigenvalue weighted by Crippen LogP contribution is 2.36. The van der Waals surface area contributed by atoms with E-state index in [2.05, 4.69) is 5.32 Å². The van der Waals surface area contributed by atoms with Crippen molar-refractivity contribution >= 4 is 57.9 Å². The first-order valence-electron chi connectivity index (χ1n) is 11.7. The number of halogens is 1. The van der Waals surface area contributed by atoms with Crippen molar-refractivity contribution in [2.45, 2.75) is 13.5 Å². The molecule has 1 N–H and O–H groups in total. The Kier molecular flexibility index (Phi) is 8.84. The number of anilines is 1. The lowest BCUT2D eigenvalue weighted by Gasteiger charge is -2.13. The third-order valence-electron chi connectivity index (χ3n) is 5.42. The summed E-state index contributed by atoms with van der Waals surface area (Å²) < 4.78 is 11.3. The lowest BCUT2D eigenvalue weighted by Crippen LogP contribution is -2.27. The van der Waals surface area contributed by atoms with Crippen LogP contribution in [0.2, 0.25) is 5.02 Å². The molecule has 1 saturated heterocycles. The van der Waals surface area contributed by atoms with E-state index in [9.17, 15) is 24.5 Å². The van der Waals surface area contributed by atoms with Gasteiger partial charge in [-0.1, -0.05) is 41.9 Å². The Balaban J connectivity index is 1.46. The standard InChI is InChI=1S/C27H22ClN3O7S/c1-2-37-23-12-17(10-11-22(23)38-16-25(32)29-20-8-5-7-19(28)14-20)13-24-26(33)30(27(34)39-24)15-18-6-3-4-9-21(18)31(35)36/h3-14H,2,15-16H2,1H3,(H,29,32)/b24-13-. The molecule has 0 spiro atoms. The van der Waals surface area contributed by atoms with E-state index in [1.165, 1.54) is 24.3 Å². The van der Waals surface area contributed by atoms with Crippen LogP contribution < -0.4 is 14.8 Å². The van der Waals surface area contributed by atoms with Crippen LogP contribution in [-0.4, -0.2) is 40.1 Å². The first kappa shape index (κ1) is 27.7. The molecule has 10 nitrogen and oxygen atoms in total. The third-order valence-corrected chi connectivity index (χ3v) is 6.57. The summed E-state index contributed by atoms with van der Waals surface area (Å²) in [6.45, 7) is 1.61. The van der Waals surface area contributed by atoms with Crippen LogP contribution in [0.15, 0.2) is 71.6 Å². The maximum Gasteiger partial charge on any atom is 0.293 e. The molecule has 0 bridgehead atoms. The number of imide groups is 1. The Morgan fingerprint density at radius 2 is 1.87 bits per heavy atom. The summed E-state index contributed by atoms with van der Waals surface area (Å²) in [6, 6.07) is 17.6. The van der Waals surface area contributed by atoms with Crippen LogP contribution in [-0.2, 0) is 16.1 Å². The maximum absolute atomic E-state index is 13.0. The number of amides is 3. The number of nitrogens with one attached hydrogen (secondary N) is 1. The minimum Gasteiger partial charge on any atom is -0.490 e. The zero-order valence-corrected chi connectivity index (χ0v) is 22.2. The SMILES string of the molecule is CCOc1cc(/C=C2\SC(=O)N(Cc3ccccc3[N+](=O)[O-])C2=O)ccc1OCC(=O)Nc1cccc(Cl)c1. The molecule has 0 unspecified atom stereocenters. The van der Waals surface area contributed by atoms with Crippen LogP contribution in [0.4, 0.5) is 16.2 Å². The van der Waals surface area contributed by atoms with Gasteiger partial charge in [-0.05, 0) is 60.7 Å². The van der Waals surface area contributed by atoms with Crippen LogP contribution in [0.1, 0.15) is 18.1 Å². The summed E-state index contributed by atoms with van der Waals surface area (Å²) in [7, 11) is 0.